The van der Waals surface area contributed by atoms with E-state index in [0.717, 1.165) is 32.7 Å². The zero-order valence-electron chi connectivity index (χ0n) is 12.4. The molecule has 0 aliphatic carbocycles. The van der Waals surface area contributed by atoms with Crippen LogP contribution in [0.15, 0.2) is 53.7 Å². The molecule has 0 saturated carbocycles. The van der Waals surface area contributed by atoms with E-state index in [2.05, 4.69) is 39.6 Å². The number of fused-ring (bicyclic) bond motifs is 1. The molecule has 0 fully saturated rings. The molecule has 0 saturated heterocycles. The van der Waals surface area contributed by atoms with Crippen molar-refractivity contribution in [2.45, 2.75) is 17.8 Å². The number of para-hydroxylation sites is 2. The van der Waals surface area contributed by atoms with Crippen molar-refractivity contribution in [3.8, 4) is 5.69 Å². The molecule has 0 atom stereocenters. The van der Waals surface area contributed by atoms with Gasteiger partial charge in [0.1, 0.15) is 5.01 Å². The quantitative estimate of drug-likeness (QED) is 0.528. The topological polar surface area (TPSA) is 56.5 Å². The number of aryl methyl sites for hydroxylation is 1. The smallest absolute Gasteiger partial charge is 0.214 e. The molecule has 0 unspecified atom stereocenters. The van der Waals surface area contributed by atoms with E-state index >= 15 is 0 Å². The van der Waals surface area contributed by atoms with Crippen molar-refractivity contribution >= 4 is 33.3 Å². The summed E-state index contributed by atoms with van der Waals surface area (Å²) in [5.41, 5.74) is 3.19. The van der Waals surface area contributed by atoms with Gasteiger partial charge in [-0.1, -0.05) is 42.1 Å². The molecule has 2 aromatic carbocycles. The highest BCUT2D eigenvalue weighted by Gasteiger charge is 2.12. The maximum Gasteiger partial charge on any atom is 0.214 e. The summed E-state index contributed by atoms with van der Waals surface area (Å²) in [6.45, 7) is 2.05. The Morgan fingerprint density at radius 2 is 1.91 bits per heavy atom. The fraction of sp³-hybridized carbons (Fsp3) is 0.125. The molecule has 0 N–H and O–H groups in total. The van der Waals surface area contributed by atoms with Crippen molar-refractivity contribution in [1.82, 2.24) is 25.2 Å². The minimum absolute atomic E-state index is 0.756. The zero-order chi connectivity index (χ0) is 15.6. The molecule has 0 amide bonds. The van der Waals surface area contributed by atoms with Crippen molar-refractivity contribution < 1.29 is 0 Å². The van der Waals surface area contributed by atoms with E-state index in [-0.39, 0.29) is 0 Å². The molecule has 7 heteroatoms. The summed E-state index contributed by atoms with van der Waals surface area (Å²) < 4.78 is 2.99. The lowest BCUT2D eigenvalue weighted by molar-refractivity contribution is 0.752. The van der Waals surface area contributed by atoms with Crippen molar-refractivity contribution in [3.63, 3.8) is 0 Å². The average Bonchev–Trinajstić information content (AvgIpc) is 3.19. The molecule has 0 aliphatic heterocycles. The van der Waals surface area contributed by atoms with Gasteiger partial charge in [0.2, 0.25) is 5.16 Å². The second-order valence-corrected chi connectivity index (χ2v) is 7.08. The van der Waals surface area contributed by atoms with Crippen LogP contribution in [0.1, 0.15) is 10.6 Å². The van der Waals surface area contributed by atoms with Crippen molar-refractivity contribution in [3.05, 3.63) is 59.1 Å². The van der Waals surface area contributed by atoms with E-state index in [9.17, 15) is 0 Å². The average molecular weight is 339 g/mol. The van der Waals surface area contributed by atoms with Gasteiger partial charge in [0.05, 0.1) is 21.7 Å². The molecule has 0 aliphatic rings. The Morgan fingerprint density at radius 3 is 2.78 bits per heavy atom. The molecule has 2 aromatic heterocycles. The lowest BCUT2D eigenvalue weighted by Gasteiger charge is -2.06. The van der Waals surface area contributed by atoms with Crippen LogP contribution in [0.2, 0.25) is 0 Å². The number of aromatic nitrogens is 5. The molecular formula is C16H13N5S2. The third-order valence-electron chi connectivity index (χ3n) is 3.45. The van der Waals surface area contributed by atoms with E-state index in [4.69, 9.17) is 0 Å². The first-order chi connectivity index (χ1) is 11.3. The van der Waals surface area contributed by atoms with Gasteiger partial charge in [-0.3, -0.25) is 0 Å². The Hall–Kier alpha value is -2.25. The summed E-state index contributed by atoms with van der Waals surface area (Å²) in [6.07, 6.45) is 0. The van der Waals surface area contributed by atoms with Crippen LogP contribution < -0.4 is 0 Å². The third-order valence-corrected chi connectivity index (χ3v) is 5.60. The molecule has 0 spiro atoms. The van der Waals surface area contributed by atoms with Gasteiger partial charge in [0.25, 0.3) is 0 Å². The van der Waals surface area contributed by atoms with E-state index in [0.29, 0.717) is 0 Å². The van der Waals surface area contributed by atoms with Gasteiger partial charge in [-0.25, -0.2) is 4.98 Å². The first-order valence-electron chi connectivity index (χ1n) is 7.13. The first kappa shape index (κ1) is 14.3. The summed E-state index contributed by atoms with van der Waals surface area (Å²) in [7, 11) is 0. The lowest BCUT2D eigenvalue weighted by atomic mass is 10.2. The molecule has 4 rings (SSSR count). The van der Waals surface area contributed by atoms with E-state index in [1.54, 1.807) is 27.8 Å². The fourth-order valence-corrected chi connectivity index (χ4v) is 4.17. The third kappa shape index (κ3) is 2.85. The molecule has 0 bridgehead atoms. The number of thioether (sulfide) groups is 1. The maximum absolute atomic E-state index is 4.65. The normalized spacial score (nSPS) is 11.2. The molecule has 2 heterocycles. The summed E-state index contributed by atoms with van der Waals surface area (Å²) >= 11 is 3.31. The van der Waals surface area contributed by atoms with Crippen LogP contribution in [0.4, 0.5) is 0 Å². The number of hydrogen-bond donors (Lipinski definition) is 0. The second-order valence-electron chi connectivity index (χ2n) is 5.02. The van der Waals surface area contributed by atoms with Gasteiger partial charge in [0.15, 0.2) is 0 Å². The predicted molar refractivity (Wildman–Crippen MR) is 93.1 cm³/mol. The minimum Gasteiger partial charge on any atom is -0.240 e. The Kier molecular flexibility index (Phi) is 3.80. The highest BCUT2D eigenvalue weighted by Crippen LogP contribution is 2.28. The van der Waals surface area contributed by atoms with E-state index in [1.807, 2.05) is 36.4 Å². The van der Waals surface area contributed by atoms with Crippen molar-refractivity contribution in [1.29, 1.82) is 0 Å². The number of hydrogen-bond acceptors (Lipinski definition) is 6. The standard InChI is InChI=1S/C16H13N5S2/c1-11-6-2-4-8-13(11)21-16(18-19-20-21)22-10-15-17-12-7-3-5-9-14(12)23-15/h2-9H,10H2,1H3. The Bertz CT molecular complexity index is 927. The van der Waals surface area contributed by atoms with Gasteiger partial charge < -0.3 is 0 Å². The summed E-state index contributed by atoms with van der Waals surface area (Å²) in [4.78, 5) is 4.65. The Morgan fingerprint density at radius 1 is 1.09 bits per heavy atom. The fourth-order valence-electron chi connectivity index (χ4n) is 2.33. The highest BCUT2D eigenvalue weighted by atomic mass is 32.2. The number of rotatable bonds is 4. The van der Waals surface area contributed by atoms with Gasteiger partial charge in [-0.2, -0.15) is 4.68 Å². The molecule has 5 nitrogen and oxygen atoms in total. The predicted octanol–water partition coefficient (Wildman–Crippen LogP) is 3.87. The van der Waals surface area contributed by atoms with Crippen molar-refractivity contribution in [2.75, 3.05) is 0 Å². The Balaban J connectivity index is 1.58. The number of benzene rings is 2. The molecule has 4 aromatic rings. The van der Waals surface area contributed by atoms with Crippen LogP contribution in [0, 0.1) is 6.92 Å². The van der Waals surface area contributed by atoms with Crippen molar-refractivity contribution in [2.24, 2.45) is 0 Å². The Labute approximate surface area is 141 Å². The van der Waals surface area contributed by atoms with Gasteiger partial charge in [-0.05, 0) is 41.1 Å². The maximum atomic E-state index is 4.65. The number of nitrogens with zero attached hydrogens (tertiary/aromatic N) is 5. The summed E-state index contributed by atoms with van der Waals surface area (Å²) in [6, 6.07) is 16.3. The van der Waals surface area contributed by atoms with Crippen LogP contribution >= 0.6 is 23.1 Å². The minimum atomic E-state index is 0.756. The number of tetrazole rings is 1. The molecule has 114 valence electrons. The largest absolute Gasteiger partial charge is 0.240 e. The van der Waals surface area contributed by atoms with E-state index < -0.39 is 0 Å². The highest BCUT2D eigenvalue weighted by molar-refractivity contribution is 7.98. The van der Waals surface area contributed by atoms with Crippen LogP contribution in [0.5, 0.6) is 0 Å². The van der Waals surface area contributed by atoms with Crippen LogP contribution in [0.25, 0.3) is 15.9 Å². The van der Waals surface area contributed by atoms with Gasteiger partial charge in [0, 0.05) is 0 Å². The zero-order valence-corrected chi connectivity index (χ0v) is 14.0. The lowest BCUT2D eigenvalue weighted by Crippen LogP contribution is -2.01. The van der Waals surface area contributed by atoms with Gasteiger partial charge >= 0.3 is 0 Å². The van der Waals surface area contributed by atoms with Gasteiger partial charge in [-0.15, -0.1) is 16.4 Å². The van der Waals surface area contributed by atoms with Crippen LogP contribution in [-0.2, 0) is 5.75 Å². The molecular weight excluding hydrogens is 326 g/mol. The molecule has 0 radical (unpaired) electrons. The SMILES string of the molecule is Cc1ccccc1-n1nnnc1SCc1nc2ccccc2s1. The molecule has 23 heavy (non-hydrogen) atoms. The number of thiazole rings is 1. The monoisotopic (exact) mass is 339 g/mol. The van der Waals surface area contributed by atoms with Crippen LogP contribution in [-0.4, -0.2) is 25.2 Å². The van der Waals surface area contributed by atoms with Crippen LogP contribution in [0.3, 0.4) is 0 Å². The first-order valence-corrected chi connectivity index (χ1v) is 8.93. The van der Waals surface area contributed by atoms with E-state index in [1.165, 1.54) is 4.70 Å². The second kappa shape index (κ2) is 6.10. The summed E-state index contributed by atoms with van der Waals surface area (Å²) in [5.74, 6) is 0.756. The summed E-state index contributed by atoms with van der Waals surface area (Å²) in [5, 5.41) is 13.9.